The molecule has 0 radical (unpaired) electrons. The van der Waals surface area contributed by atoms with Crippen LogP contribution in [0.15, 0.2) is 6.07 Å². The Morgan fingerprint density at radius 1 is 1.40 bits per heavy atom. The molecule has 84 valence electrons. The molecule has 0 fully saturated rings. The number of anilines is 2. The molecule has 1 heterocycles. The smallest absolute Gasteiger partial charge is 0.225 e. The second-order valence-electron chi connectivity index (χ2n) is 3.69. The summed E-state index contributed by atoms with van der Waals surface area (Å²) in [7, 11) is 0. The Morgan fingerprint density at radius 2 is 2.13 bits per heavy atom. The van der Waals surface area contributed by atoms with Crippen molar-refractivity contribution >= 4 is 11.8 Å². The highest BCUT2D eigenvalue weighted by Crippen LogP contribution is 2.14. The molecule has 5 heteroatoms. The highest BCUT2D eigenvalue weighted by Gasteiger charge is 2.04. The number of nitrogens with zero attached hydrogens (tertiary/aromatic N) is 2. The van der Waals surface area contributed by atoms with Crippen molar-refractivity contribution in [2.75, 3.05) is 18.1 Å². The van der Waals surface area contributed by atoms with E-state index in [1.165, 1.54) is 0 Å². The van der Waals surface area contributed by atoms with E-state index in [0.29, 0.717) is 24.2 Å². The summed E-state index contributed by atoms with van der Waals surface area (Å²) in [4.78, 5) is 7.69. The zero-order valence-electron chi connectivity index (χ0n) is 9.23. The third-order valence-electron chi connectivity index (χ3n) is 2.04. The highest BCUT2D eigenvalue weighted by atomic mass is 16.5. The second-order valence-corrected chi connectivity index (χ2v) is 3.69. The first kappa shape index (κ1) is 11.6. The molecule has 1 aromatic heterocycles. The quantitative estimate of drug-likeness (QED) is 0.768. The van der Waals surface area contributed by atoms with Crippen LogP contribution >= 0.6 is 0 Å². The van der Waals surface area contributed by atoms with Gasteiger partial charge in [0.05, 0.1) is 6.61 Å². The molecular weight excluding hydrogens is 192 g/mol. The van der Waals surface area contributed by atoms with E-state index >= 15 is 0 Å². The number of ether oxygens (including phenoxy) is 1. The van der Waals surface area contributed by atoms with Gasteiger partial charge in [0.1, 0.15) is 5.82 Å². The monoisotopic (exact) mass is 210 g/mol. The van der Waals surface area contributed by atoms with Crippen LogP contribution in [-0.4, -0.2) is 16.6 Å². The van der Waals surface area contributed by atoms with E-state index in [2.05, 4.69) is 23.8 Å². The predicted molar refractivity (Wildman–Crippen MR) is 60.4 cm³/mol. The molecule has 0 aromatic carbocycles. The standard InChI is InChI=1S/C10H18N4O/c1-3-4-7(2)6-15-9-5-8(11)13-10(12)14-9/h5,7H,3-4,6H2,1-2H3,(H4,11,12,13,14). The van der Waals surface area contributed by atoms with Crippen molar-refractivity contribution in [3.63, 3.8) is 0 Å². The SMILES string of the molecule is CCCC(C)COc1cc(N)nc(N)n1. The highest BCUT2D eigenvalue weighted by molar-refractivity contribution is 5.38. The van der Waals surface area contributed by atoms with Crippen molar-refractivity contribution in [3.05, 3.63) is 6.07 Å². The van der Waals surface area contributed by atoms with Gasteiger partial charge in [0.15, 0.2) is 0 Å². The van der Waals surface area contributed by atoms with Crippen LogP contribution in [0.25, 0.3) is 0 Å². The van der Waals surface area contributed by atoms with Crippen molar-refractivity contribution < 1.29 is 4.74 Å². The second kappa shape index (κ2) is 5.38. The summed E-state index contributed by atoms with van der Waals surface area (Å²) in [5.74, 6) is 1.43. The van der Waals surface area contributed by atoms with Crippen LogP contribution in [0.3, 0.4) is 0 Å². The molecule has 0 aliphatic heterocycles. The van der Waals surface area contributed by atoms with E-state index in [1.807, 2.05) is 0 Å². The first-order valence-corrected chi connectivity index (χ1v) is 5.14. The van der Waals surface area contributed by atoms with Crippen LogP contribution in [-0.2, 0) is 0 Å². The molecule has 1 rings (SSSR count). The van der Waals surface area contributed by atoms with Gasteiger partial charge in [-0.25, -0.2) is 0 Å². The summed E-state index contributed by atoms with van der Waals surface area (Å²) in [5.41, 5.74) is 11.0. The van der Waals surface area contributed by atoms with E-state index in [9.17, 15) is 0 Å². The summed E-state index contributed by atoms with van der Waals surface area (Å²) in [6.45, 7) is 4.91. The molecule has 0 spiro atoms. The number of hydrogen-bond acceptors (Lipinski definition) is 5. The third-order valence-corrected chi connectivity index (χ3v) is 2.04. The molecule has 15 heavy (non-hydrogen) atoms. The normalized spacial score (nSPS) is 12.4. The van der Waals surface area contributed by atoms with Crippen LogP contribution in [0.4, 0.5) is 11.8 Å². The third kappa shape index (κ3) is 4.01. The maximum atomic E-state index is 5.51. The lowest BCUT2D eigenvalue weighted by Crippen LogP contribution is -2.10. The van der Waals surface area contributed by atoms with Gasteiger partial charge in [0.25, 0.3) is 0 Å². The molecule has 1 unspecified atom stereocenters. The van der Waals surface area contributed by atoms with Gasteiger partial charge in [-0.15, -0.1) is 0 Å². The van der Waals surface area contributed by atoms with Crippen molar-refractivity contribution in [1.82, 2.24) is 9.97 Å². The summed E-state index contributed by atoms with van der Waals surface area (Å²) in [6.07, 6.45) is 2.29. The average molecular weight is 210 g/mol. The Labute approximate surface area is 89.9 Å². The largest absolute Gasteiger partial charge is 0.477 e. The van der Waals surface area contributed by atoms with E-state index in [-0.39, 0.29) is 5.95 Å². The molecule has 0 aliphatic rings. The first-order valence-electron chi connectivity index (χ1n) is 5.14. The zero-order valence-corrected chi connectivity index (χ0v) is 9.23. The van der Waals surface area contributed by atoms with E-state index < -0.39 is 0 Å². The van der Waals surface area contributed by atoms with Gasteiger partial charge in [-0.3, -0.25) is 0 Å². The van der Waals surface area contributed by atoms with Crippen molar-refractivity contribution in [1.29, 1.82) is 0 Å². The summed E-state index contributed by atoms with van der Waals surface area (Å²) < 4.78 is 5.47. The van der Waals surface area contributed by atoms with Crippen molar-refractivity contribution in [3.8, 4) is 5.88 Å². The molecule has 0 saturated heterocycles. The van der Waals surface area contributed by atoms with Gasteiger partial charge in [-0.1, -0.05) is 20.3 Å². The minimum atomic E-state index is 0.146. The number of aromatic nitrogens is 2. The molecule has 4 N–H and O–H groups in total. The van der Waals surface area contributed by atoms with E-state index in [0.717, 1.165) is 12.8 Å². The Morgan fingerprint density at radius 3 is 2.73 bits per heavy atom. The van der Waals surface area contributed by atoms with Crippen LogP contribution in [0.5, 0.6) is 5.88 Å². The van der Waals surface area contributed by atoms with Crippen LogP contribution in [0.1, 0.15) is 26.7 Å². The lowest BCUT2D eigenvalue weighted by Gasteiger charge is -2.11. The molecule has 1 aromatic rings. The fourth-order valence-electron chi connectivity index (χ4n) is 1.34. The van der Waals surface area contributed by atoms with Gasteiger partial charge in [0.2, 0.25) is 11.8 Å². The summed E-state index contributed by atoms with van der Waals surface area (Å²) in [5, 5.41) is 0. The fraction of sp³-hybridized carbons (Fsp3) is 0.600. The molecule has 0 aliphatic carbocycles. The number of nitrogen functional groups attached to an aromatic ring is 2. The lowest BCUT2D eigenvalue weighted by atomic mass is 10.1. The van der Waals surface area contributed by atoms with Crippen LogP contribution in [0, 0.1) is 5.92 Å². The molecular formula is C10H18N4O. The molecule has 0 bridgehead atoms. The fourth-order valence-corrected chi connectivity index (χ4v) is 1.34. The van der Waals surface area contributed by atoms with Gasteiger partial charge in [-0.2, -0.15) is 9.97 Å². The summed E-state index contributed by atoms with van der Waals surface area (Å²) in [6, 6.07) is 1.58. The van der Waals surface area contributed by atoms with Crippen molar-refractivity contribution in [2.24, 2.45) is 5.92 Å². The predicted octanol–water partition coefficient (Wildman–Crippen LogP) is 1.46. The maximum Gasteiger partial charge on any atom is 0.225 e. The minimum Gasteiger partial charge on any atom is -0.477 e. The van der Waals surface area contributed by atoms with Crippen LogP contribution in [0.2, 0.25) is 0 Å². The zero-order chi connectivity index (χ0) is 11.3. The summed E-state index contributed by atoms with van der Waals surface area (Å²) >= 11 is 0. The molecule has 1 atom stereocenters. The molecule has 0 saturated carbocycles. The van der Waals surface area contributed by atoms with Crippen LogP contribution < -0.4 is 16.2 Å². The Bertz CT molecular complexity index is 296. The molecule has 0 amide bonds. The Kier molecular flexibility index (Phi) is 4.15. The number of nitrogens with two attached hydrogens (primary N) is 2. The van der Waals surface area contributed by atoms with Crippen molar-refractivity contribution in [2.45, 2.75) is 26.7 Å². The Hall–Kier alpha value is -1.52. The maximum absolute atomic E-state index is 5.51. The average Bonchev–Trinajstić information content (AvgIpc) is 2.14. The molecule has 5 nitrogen and oxygen atoms in total. The van der Waals surface area contributed by atoms with E-state index in [4.69, 9.17) is 16.2 Å². The lowest BCUT2D eigenvalue weighted by molar-refractivity contribution is 0.243. The van der Waals surface area contributed by atoms with Gasteiger partial charge >= 0.3 is 0 Å². The van der Waals surface area contributed by atoms with Gasteiger partial charge < -0.3 is 16.2 Å². The topological polar surface area (TPSA) is 87.0 Å². The minimum absolute atomic E-state index is 0.146. The number of hydrogen-bond donors (Lipinski definition) is 2. The van der Waals surface area contributed by atoms with E-state index in [1.54, 1.807) is 6.07 Å². The van der Waals surface area contributed by atoms with Gasteiger partial charge in [0, 0.05) is 6.07 Å². The number of rotatable bonds is 5. The Balaban J connectivity index is 2.50. The van der Waals surface area contributed by atoms with Gasteiger partial charge in [-0.05, 0) is 12.3 Å². The first-order chi connectivity index (χ1) is 7.11.